The fraction of sp³-hybridized carbons (Fsp3) is 0.154. The summed E-state index contributed by atoms with van der Waals surface area (Å²) in [5, 5.41) is 0. The highest BCUT2D eigenvalue weighted by Gasteiger charge is 2.10. The molecule has 6 N–H and O–H groups in total. The minimum absolute atomic E-state index is 0.0582. The van der Waals surface area contributed by atoms with Gasteiger partial charge in [0.15, 0.2) is 11.2 Å². The fourth-order valence-corrected chi connectivity index (χ4v) is 2.17. The van der Waals surface area contributed by atoms with Gasteiger partial charge < -0.3 is 16.5 Å². The highest BCUT2D eigenvalue weighted by molar-refractivity contribution is 5.70. The second-order valence-electron chi connectivity index (χ2n) is 4.48. The Morgan fingerprint density at radius 1 is 1.10 bits per heavy atom. The molecule has 0 spiro atoms. The second-order valence-corrected chi connectivity index (χ2v) is 4.48. The number of nitrogens with zero attached hydrogens (tertiary/aromatic N) is 2. The predicted octanol–water partition coefficient (Wildman–Crippen LogP) is 0.278. The zero-order chi connectivity index (χ0) is 14.1. The highest BCUT2D eigenvalue weighted by Crippen LogP contribution is 2.14. The summed E-state index contributed by atoms with van der Waals surface area (Å²) in [6.45, 7) is 0.460. The summed E-state index contributed by atoms with van der Waals surface area (Å²) in [6.07, 6.45) is 0.559. The molecule has 7 heteroatoms. The Hall–Kier alpha value is -2.67. The predicted molar refractivity (Wildman–Crippen MR) is 76.1 cm³/mol. The minimum Gasteiger partial charge on any atom is -0.369 e. The molecule has 0 saturated carbocycles. The number of aromatic amines is 2. The van der Waals surface area contributed by atoms with E-state index in [-0.39, 0.29) is 11.5 Å². The molecule has 7 nitrogen and oxygen atoms in total. The van der Waals surface area contributed by atoms with E-state index in [1.54, 1.807) is 0 Å². The Labute approximate surface area is 114 Å². The third-order valence-electron chi connectivity index (χ3n) is 3.12. The molecular formula is C13H14N6O. The summed E-state index contributed by atoms with van der Waals surface area (Å²) in [6, 6.07) is 7.85. The van der Waals surface area contributed by atoms with Gasteiger partial charge in [0.1, 0.15) is 5.82 Å². The maximum absolute atomic E-state index is 11.7. The van der Waals surface area contributed by atoms with Crippen molar-refractivity contribution in [3.8, 4) is 0 Å². The maximum Gasteiger partial charge on any atom is 0.278 e. The first-order valence-corrected chi connectivity index (χ1v) is 6.18. The van der Waals surface area contributed by atoms with Crippen LogP contribution in [0.25, 0.3) is 11.2 Å². The average molecular weight is 270 g/mol. The molecule has 0 aliphatic rings. The summed E-state index contributed by atoms with van der Waals surface area (Å²) in [7, 11) is 0. The first-order valence-electron chi connectivity index (χ1n) is 6.18. The lowest BCUT2D eigenvalue weighted by Gasteiger charge is -2.04. The Morgan fingerprint density at radius 2 is 1.85 bits per heavy atom. The van der Waals surface area contributed by atoms with Crippen molar-refractivity contribution in [2.24, 2.45) is 5.73 Å². The van der Waals surface area contributed by atoms with Gasteiger partial charge in [0, 0.05) is 13.0 Å². The molecule has 102 valence electrons. The van der Waals surface area contributed by atoms with Gasteiger partial charge in [0.25, 0.3) is 5.56 Å². The summed E-state index contributed by atoms with van der Waals surface area (Å²) < 4.78 is 0. The van der Waals surface area contributed by atoms with E-state index in [1.165, 1.54) is 0 Å². The van der Waals surface area contributed by atoms with Crippen LogP contribution in [0.2, 0.25) is 0 Å². The van der Waals surface area contributed by atoms with Crippen LogP contribution in [0.15, 0.2) is 29.1 Å². The van der Waals surface area contributed by atoms with E-state index < -0.39 is 0 Å². The molecule has 0 unspecified atom stereocenters. The number of benzene rings is 1. The molecule has 0 fully saturated rings. The summed E-state index contributed by atoms with van der Waals surface area (Å²) >= 11 is 0. The van der Waals surface area contributed by atoms with Gasteiger partial charge >= 0.3 is 0 Å². The molecule has 0 aliphatic heterocycles. The van der Waals surface area contributed by atoms with Crippen molar-refractivity contribution in [2.75, 3.05) is 5.73 Å². The van der Waals surface area contributed by atoms with E-state index in [2.05, 4.69) is 19.9 Å². The molecule has 0 amide bonds. The molecular weight excluding hydrogens is 256 g/mol. The van der Waals surface area contributed by atoms with Gasteiger partial charge in [-0.05, 0) is 11.1 Å². The van der Waals surface area contributed by atoms with Crippen molar-refractivity contribution in [3.05, 3.63) is 51.6 Å². The number of fused-ring (bicyclic) bond motifs is 1. The molecule has 0 bridgehead atoms. The third kappa shape index (κ3) is 2.14. The summed E-state index contributed by atoms with van der Waals surface area (Å²) in [5.74, 6) is 0.715. The zero-order valence-corrected chi connectivity index (χ0v) is 10.7. The molecule has 3 rings (SSSR count). The quantitative estimate of drug-likeness (QED) is 0.543. The van der Waals surface area contributed by atoms with Crippen LogP contribution in [0.4, 0.5) is 5.95 Å². The average Bonchev–Trinajstić information content (AvgIpc) is 2.82. The van der Waals surface area contributed by atoms with Crippen molar-refractivity contribution < 1.29 is 0 Å². The molecule has 0 radical (unpaired) electrons. The molecule has 0 atom stereocenters. The summed E-state index contributed by atoms with van der Waals surface area (Å²) in [5.41, 5.74) is 13.7. The first-order chi connectivity index (χ1) is 9.67. The molecule has 3 aromatic rings. The Balaban J connectivity index is 2.03. The number of nitrogen functional groups attached to an aromatic ring is 1. The van der Waals surface area contributed by atoms with E-state index in [9.17, 15) is 4.79 Å². The van der Waals surface area contributed by atoms with Gasteiger partial charge in [-0.1, -0.05) is 24.3 Å². The fourth-order valence-electron chi connectivity index (χ4n) is 2.17. The second kappa shape index (κ2) is 4.78. The molecule has 1 aromatic carbocycles. The van der Waals surface area contributed by atoms with Crippen LogP contribution in [0.5, 0.6) is 0 Å². The smallest absolute Gasteiger partial charge is 0.278 e. The number of nitrogens with two attached hydrogens (primary N) is 2. The van der Waals surface area contributed by atoms with Crippen molar-refractivity contribution in [1.29, 1.82) is 0 Å². The van der Waals surface area contributed by atoms with E-state index in [4.69, 9.17) is 11.5 Å². The van der Waals surface area contributed by atoms with Gasteiger partial charge in [-0.3, -0.25) is 9.78 Å². The largest absolute Gasteiger partial charge is 0.369 e. The first kappa shape index (κ1) is 12.4. The third-order valence-corrected chi connectivity index (χ3v) is 3.12. The number of imidazole rings is 1. The van der Waals surface area contributed by atoms with Crippen LogP contribution in [0.3, 0.4) is 0 Å². The Bertz CT molecular complexity index is 819. The van der Waals surface area contributed by atoms with Gasteiger partial charge in [-0.25, -0.2) is 4.98 Å². The normalized spacial score (nSPS) is 11.1. The van der Waals surface area contributed by atoms with Gasteiger partial charge in [0.05, 0.1) is 0 Å². The van der Waals surface area contributed by atoms with E-state index in [0.717, 1.165) is 11.1 Å². The number of H-pyrrole nitrogens is 2. The van der Waals surface area contributed by atoms with Crippen molar-refractivity contribution >= 4 is 17.1 Å². The van der Waals surface area contributed by atoms with E-state index in [1.807, 2.05) is 24.3 Å². The number of aromatic nitrogens is 4. The highest BCUT2D eigenvalue weighted by atomic mass is 16.1. The lowest BCUT2D eigenvalue weighted by atomic mass is 10.0. The van der Waals surface area contributed by atoms with Crippen molar-refractivity contribution in [2.45, 2.75) is 13.0 Å². The van der Waals surface area contributed by atoms with Crippen molar-refractivity contribution in [3.63, 3.8) is 0 Å². The molecule has 2 aromatic heterocycles. The monoisotopic (exact) mass is 270 g/mol. The van der Waals surface area contributed by atoms with Crippen LogP contribution < -0.4 is 17.0 Å². The number of hydrogen-bond donors (Lipinski definition) is 4. The van der Waals surface area contributed by atoms with Gasteiger partial charge in [0.2, 0.25) is 5.95 Å². The van der Waals surface area contributed by atoms with Crippen LogP contribution in [-0.2, 0) is 13.0 Å². The standard InChI is InChI=1S/C13H14N6O/c14-6-8-4-2-1-3-7(8)5-9-16-10-11(17-9)18-13(15)19-12(10)20/h1-4H,5-6,14H2,(H4,15,16,17,18,19,20). The topological polar surface area (TPSA) is 126 Å². The van der Waals surface area contributed by atoms with Crippen LogP contribution in [0, 0.1) is 0 Å². The van der Waals surface area contributed by atoms with Gasteiger partial charge in [-0.2, -0.15) is 4.98 Å². The molecule has 2 heterocycles. The van der Waals surface area contributed by atoms with Gasteiger partial charge in [-0.15, -0.1) is 0 Å². The zero-order valence-electron chi connectivity index (χ0n) is 10.7. The number of rotatable bonds is 3. The van der Waals surface area contributed by atoms with E-state index in [0.29, 0.717) is 30.0 Å². The summed E-state index contributed by atoms with van der Waals surface area (Å²) in [4.78, 5) is 25.4. The number of hydrogen-bond acceptors (Lipinski definition) is 5. The Kier molecular flexibility index (Phi) is 2.96. The minimum atomic E-state index is -0.321. The Morgan fingerprint density at radius 3 is 2.60 bits per heavy atom. The molecule has 0 aliphatic carbocycles. The van der Waals surface area contributed by atoms with Crippen molar-refractivity contribution in [1.82, 2.24) is 19.9 Å². The lowest BCUT2D eigenvalue weighted by Crippen LogP contribution is -2.10. The number of nitrogens with one attached hydrogen (secondary N) is 2. The maximum atomic E-state index is 11.7. The van der Waals surface area contributed by atoms with Crippen LogP contribution >= 0.6 is 0 Å². The SMILES string of the molecule is NCc1ccccc1Cc1nc2nc(N)[nH]c(=O)c2[nH]1. The number of anilines is 1. The molecule has 20 heavy (non-hydrogen) atoms. The van der Waals surface area contributed by atoms with Crippen LogP contribution in [-0.4, -0.2) is 19.9 Å². The van der Waals surface area contributed by atoms with Crippen LogP contribution in [0.1, 0.15) is 17.0 Å². The van der Waals surface area contributed by atoms with E-state index >= 15 is 0 Å². The molecule has 0 saturated heterocycles. The lowest BCUT2D eigenvalue weighted by molar-refractivity contribution is 0.976.